The Morgan fingerprint density at radius 1 is 0.620 bits per heavy atom. The van der Waals surface area contributed by atoms with E-state index < -0.39 is 35.4 Å². The first-order valence-corrected chi connectivity index (χ1v) is 16.6. The van der Waals surface area contributed by atoms with E-state index in [-0.39, 0.29) is 66.6 Å². The molecule has 0 aliphatic carbocycles. The molecule has 0 radical (unpaired) electrons. The molecule has 4 aliphatic rings. The highest BCUT2D eigenvalue weighted by molar-refractivity contribution is 6.36. The van der Waals surface area contributed by atoms with Crippen molar-refractivity contribution in [2.45, 2.75) is 53.1 Å². The van der Waals surface area contributed by atoms with Crippen molar-refractivity contribution >= 4 is 67.8 Å². The Morgan fingerprint density at radius 3 is 1.52 bits per heavy atom. The number of nitrogens with zero attached hydrogens (tertiary/aromatic N) is 5. The summed E-state index contributed by atoms with van der Waals surface area (Å²) in [5.74, 6) is -4.75. The van der Waals surface area contributed by atoms with E-state index in [1.54, 1.807) is 17.6 Å². The van der Waals surface area contributed by atoms with Crippen LogP contribution in [0.3, 0.4) is 0 Å². The molecule has 12 heteroatoms. The highest BCUT2D eigenvalue weighted by Crippen LogP contribution is 2.41. The Kier molecular flexibility index (Phi) is 5.88. The number of hydrogen-bond acceptors (Lipinski definition) is 8. The van der Waals surface area contributed by atoms with Crippen molar-refractivity contribution in [1.29, 1.82) is 0 Å². The van der Waals surface area contributed by atoms with Gasteiger partial charge in [0.1, 0.15) is 5.49 Å². The van der Waals surface area contributed by atoms with Crippen molar-refractivity contribution < 1.29 is 28.8 Å². The molecular formula is C38H29N5O7. The summed E-state index contributed by atoms with van der Waals surface area (Å²) in [6, 6.07) is 11.5. The minimum absolute atomic E-state index is 0.0311. The second-order valence-corrected chi connectivity index (χ2v) is 14.3. The maximum atomic E-state index is 14.3. The zero-order valence-electron chi connectivity index (χ0n) is 27.6. The standard InChI is InChI=1S/C38H29N5O7/c1-5-6-17(2)41-32(45)20-10-13-24-29-25(14-11-21(27(20)29)33(41)46)37(50)43(36(24)49)42-34(47)22-8-7-18-26-19(9-12-23(28(22)26)35(42)48)31(44)40-16-38(3,4)15-39-30(18)40/h7-14,17H,5-6,15-16H2,1-4H3. The number of amides is 6. The largest absolute Gasteiger partial charge is 0.292 e. The molecule has 1 unspecified atom stereocenters. The molecule has 0 saturated heterocycles. The van der Waals surface area contributed by atoms with Gasteiger partial charge in [-0.25, -0.2) is 0 Å². The van der Waals surface area contributed by atoms with Gasteiger partial charge in [0.05, 0.1) is 22.3 Å². The fourth-order valence-electron chi connectivity index (χ4n) is 8.20. The molecule has 0 spiro atoms. The molecule has 50 heavy (non-hydrogen) atoms. The lowest BCUT2D eigenvalue weighted by molar-refractivity contribution is 0.00212. The number of imide groups is 3. The van der Waals surface area contributed by atoms with E-state index >= 15 is 0 Å². The lowest BCUT2D eigenvalue weighted by atomic mass is 9.85. The number of benzene rings is 4. The van der Waals surface area contributed by atoms with Crippen molar-refractivity contribution in [2.24, 2.45) is 10.4 Å². The van der Waals surface area contributed by atoms with Gasteiger partial charge in [-0.15, -0.1) is 0 Å². The van der Waals surface area contributed by atoms with Crippen LogP contribution in [0.15, 0.2) is 58.3 Å². The molecule has 1 aromatic heterocycles. The molecule has 4 aliphatic heterocycles. The number of hydrogen-bond donors (Lipinski definition) is 0. The number of rotatable bonds is 4. The van der Waals surface area contributed by atoms with Crippen molar-refractivity contribution in [3.63, 3.8) is 0 Å². The van der Waals surface area contributed by atoms with Crippen molar-refractivity contribution in [3.8, 4) is 0 Å². The number of aromatic nitrogens is 1. The molecule has 0 bridgehead atoms. The van der Waals surface area contributed by atoms with Crippen LogP contribution in [0.4, 0.5) is 0 Å². The van der Waals surface area contributed by atoms with Crippen LogP contribution in [0.2, 0.25) is 0 Å². The third-order valence-corrected chi connectivity index (χ3v) is 10.5. The van der Waals surface area contributed by atoms with Gasteiger partial charge >= 0.3 is 0 Å². The molecule has 0 saturated carbocycles. The Hall–Kier alpha value is -6.04. The highest BCUT2D eigenvalue weighted by atomic mass is 16.2. The Morgan fingerprint density at radius 2 is 1.04 bits per heavy atom. The molecule has 4 aromatic carbocycles. The second-order valence-electron chi connectivity index (χ2n) is 14.3. The van der Waals surface area contributed by atoms with Crippen molar-refractivity contribution in [2.75, 3.05) is 6.54 Å². The number of carbonyl (C=O) groups is 6. The summed E-state index contributed by atoms with van der Waals surface area (Å²) in [6.07, 6.45) is 1.37. The molecule has 0 N–H and O–H groups in total. The van der Waals surface area contributed by atoms with Crippen LogP contribution < -0.4 is 11.0 Å². The van der Waals surface area contributed by atoms with Gasteiger partial charge in [-0.1, -0.05) is 27.2 Å². The molecule has 248 valence electrons. The summed E-state index contributed by atoms with van der Waals surface area (Å²) in [5, 5.41) is 3.06. The van der Waals surface area contributed by atoms with Crippen LogP contribution in [0.25, 0.3) is 32.3 Å². The molecule has 5 heterocycles. The van der Waals surface area contributed by atoms with Gasteiger partial charge in [0, 0.05) is 68.0 Å². The van der Waals surface area contributed by atoms with E-state index in [2.05, 4.69) is 0 Å². The first-order valence-electron chi connectivity index (χ1n) is 16.6. The molecule has 9 rings (SSSR count). The second kappa shape index (κ2) is 9.78. The maximum absolute atomic E-state index is 14.3. The van der Waals surface area contributed by atoms with E-state index in [0.29, 0.717) is 51.2 Å². The van der Waals surface area contributed by atoms with Crippen LogP contribution in [0.5, 0.6) is 0 Å². The van der Waals surface area contributed by atoms with Gasteiger partial charge in [0.15, 0.2) is 0 Å². The van der Waals surface area contributed by atoms with Crippen LogP contribution >= 0.6 is 0 Å². The van der Waals surface area contributed by atoms with Gasteiger partial charge in [0.2, 0.25) is 0 Å². The average Bonchev–Trinajstić information content (AvgIpc) is 3.08. The summed E-state index contributed by atoms with van der Waals surface area (Å²) < 4.78 is 1.63. The van der Waals surface area contributed by atoms with E-state index in [4.69, 9.17) is 4.99 Å². The summed E-state index contributed by atoms with van der Waals surface area (Å²) in [5.41, 5.74) is 0.375. The zero-order valence-corrected chi connectivity index (χ0v) is 27.6. The average molecular weight is 668 g/mol. The normalized spacial score (nSPS) is 18.4. The van der Waals surface area contributed by atoms with Gasteiger partial charge in [-0.05, 0) is 61.9 Å². The van der Waals surface area contributed by atoms with E-state index in [9.17, 15) is 33.6 Å². The Balaban J connectivity index is 1.18. The lowest BCUT2D eigenvalue weighted by Gasteiger charge is -2.38. The molecule has 1 atom stereocenters. The van der Waals surface area contributed by atoms with Gasteiger partial charge in [-0.2, -0.15) is 10.0 Å². The summed E-state index contributed by atoms with van der Waals surface area (Å²) in [7, 11) is 0. The van der Waals surface area contributed by atoms with E-state index in [1.165, 1.54) is 47.4 Å². The molecule has 6 amide bonds. The molecule has 5 aromatic rings. The predicted octanol–water partition coefficient (Wildman–Crippen LogP) is 4.28. The summed E-state index contributed by atoms with van der Waals surface area (Å²) >= 11 is 0. The third kappa shape index (κ3) is 3.59. The van der Waals surface area contributed by atoms with Crippen LogP contribution in [0.1, 0.15) is 103 Å². The minimum Gasteiger partial charge on any atom is -0.292 e. The summed E-state index contributed by atoms with van der Waals surface area (Å²) in [4.78, 5) is 104. The predicted molar refractivity (Wildman–Crippen MR) is 181 cm³/mol. The number of hydrazine groups is 1. The summed E-state index contributed by atoms with van der Waals surface area (Å²) in [6.45, 7) is 8.76. The van der Waals surface area contributed by atoms with Gasteiger partial charge < -0.3 is 0 Å². The lowest BCUT2D eigenvalue weighted by Crippen LogP contribution is -2.58. The zero-order chi connectivity index (χ0) is 35.1. The highest BCUT2D eigenvalue weighted by Gasteiger charge is 2.47. The van der Waals surface area contributed by atoms with Crippen LogP contribution in [-0.2, 0) is 6.54 Å². The fourth-order valence-corrected chi connectivity index (χ4v) is 8.20. The Labute approximate surface area is 283 Å². The third-order valence-electron chi connectivity index (χ3n) is 10.5. The van der Waals surface area contributed by atoms with E-state index in [0.717, 1.165) is 6.42 Å². The quantitative estimate of drug-likeness (QED) is 0.260. The number of carbonyl (C=O) groups excluding carboxylic acids is 6. The number of pyridine rings is 1. The van der Waals surface area contributed by atoms with Crippen molar-refractivity contribution in [1.82, 2.24) is 19.5 Å². The van der Waals surface area contributed by atoms with Crippen LogP contribution in [0, 0.1) is 5.41 Å². The monoisotopic (exact) mass is 667 g/mol. The smallest absolute Gasteiger partial charge is 0.281 e. The van der Waals surface area contributed by atoms with Gasteiger partial charge in [0.25, 0.3) is 41.0 Å². The first kappa shape index (κ1) is 30.1. The van der Waals surface area contributed by atoms with Crippen LogP contribution in [-0.4, -0.2) is 67.5 Å². The molecular weight excluding hydrogens is 638 g/mol. The maximum Gasteiger partial charge on any atom is 0.281 e. The SMILES string of the molecule is CCCC(C)N1C(=O)c2ccc3c4c(ccc(c24)C1=O)C(=O)N(N1C(=O)c2ccc4c(=O)n5c(c6ccc(c2c46)C1=O)=NCC(C)(C)C5)C3=O. The van der Waals surface area contributed by atoms with E-state index in [1.807, 2.05) is 20.8 Å². The van der Waals surface area contributed by atoms with Gasteiger partial charge in [-0.3, -0.25) is 48.0 Å². The minimum atomic E-state index is -0.950. The fraction of sp³-hybridized carbons (Fsp3) is 0.263. The van der Waals surface area contributed by atoms with Crippen molar-refractivity contribution in [3.05, 3.63) is 97.8 Å². The molecule has 12 nitrogen and oxygen atoms in total. The number of fused-ring (bicyclic) bond motifs is 2. The molecule has 0 fully saturated rings. The topological polar surface area (TPSA) is 146 Å². The first-order chi connectivity index (χ1) is 23.9. The Bertz CT molecular complexity index is 2580.